The maximum Gasteiger partial charge on any atom is 0.522 e. The molecule has 0 saturated carbocycles. The van der Waals surface area contributed by atoms with Crippen molar-refractivity contribution in [2.45, 2.75) is 6.36 Å². The molecular weight excluding hydrogens is 242 g/mol. The first-order valence-corrected chi connectivity index (χ1v) is 4.70. The summed E-state index contributed by atoms with van der Waals surface area (Å²) in [6, 6.07) is 3.90. The van der Waals surface area contributed by atoms with E-state index in [1.165, 1.54) is 19.2 Å². The maximum atomic E-state index is 13.0. The predicted octanol–water partition coefficient (Wildman–Crippen LogP) is 2.78. The predicted molar refractivity (Wildman–Crippen MR) is 53.4 cm³/mol. The van der Waals surface area contributed by atoms with Gasteiger partial charge in [0.15, 0.2) is 11.6 Å². The van der Waals surface area contributed by atoms with Gasteiger partial charge < -0.3 is 10.1 Å². The second kappa shape index (κ2) is 5.72. The van der Waals surface area contributed by atoms with E-state index in [1.54, 1.807) is 0 Å². The molecule has 0 fully saturated rings. The second-order valence-electron chi connectivity index (χ2n) is 3.07. The summed E-state index contributed by atoms with van der Waals surface area (Å²) in [7, 11) is 1.30. The third-order valence-corrected chi connectivity index (χ3v) is 1.85. The summed E-state index contributed by atoms with van der Waals surface area (Å²) in [5.74, 6) is -0.517. The van der Waals surface area contributed by atoms with E-state index in [4.69, 9.17) is 4.74 Å². The molecule has 1 aromatic carbocycles. The average molecular weight is 253 g/mol. The number of rotatable bonds is 5. The molecule has 0 radical (unpaired) electrons. The van der Waals surface area contributed by atoms with E-state index < -0.39 is 18.8 Å². The third kappa shape index (κ3) is 4.90. The molecule has 1 aromatic rings. The third-order valence-electron chi connectivity index (χ3n) is 1.85. The van der Waals surface area contributed by atoms with Crippen LogP contribution in [0.15, 0.2) is 18.2 Å². The highest BCUT2D eigenvalue weighted by atomic mass is 19.4. The number of hydrogen-bond acceptors (Lipinski definition) is 3. The zero-order valence-electron chi connectivity index (χ0n) is 8.97. The van der Waals surface area contributed by atoms with Gasteiger partial charge in [0.25, 0.3) is 0 Å². The average Bonchev–Trinajstić information content (AvgIpc) is 2.25. The van der Waals surface area contributed by atoms with Crippen LogP contribution in [0.2, 0.25) is 0 Å². The molecule has 0 saturated heterocycles. The van der Waals surface area contributed by atoms with Crippen molar-refractivity contribution in [2.75, 3.05) is 25.6 Å². The molecule has 0 atom stereocenters. The van der Waals surface area contributed by atoms with Gasteiger partial charge in [-0.2, -0.15) is 0 Å². The summed E-state index contributed by atoms with van der Waals surface area (Å²) in [5.41, 5.74) is 0.453. The Hall–Kier alpha value is -1.50. The summed E-state index contributed by atoms with van der Waals surface area (Å²) in [5, 5.41) is 2.65. The number of nitrogens with one attached hydrogen (secondary N) is 1. The van der Waals surface area contributed by atoms with Gasteiger partial charge in [0.2, 0.25) is 0 Å². The summed E-state index contributed by atoms with van der Waals surface area (Å²) in [6.07, 6.45) is -4.64. The van der Waals surface area contributed by atoms with Gasteiger partial charge in [-0.25, -0.2) is 4.39 Å². The SMILES string of the molecule is COc1cc(NCCOC(F)(F)F)ccc1F. The van der Waals surface area contributed by atoms with E-state index in [1.807, 2.05) is 0 Å². The Bertz CT molecular complexity index is 368. The molecule has 1 rings (SSSR count). The van der Waals surface area contributed by atoms with Crippen molar-refractivity contribution >= 4 is 5.69 Å². The standard InChI is InChI=1S/C10H11F4NO2/c1-16-9-6-7(2-3-8(9)11)15-4-5-17-10(12,13)14/h2-3,6,15H,4-5H2,1H3. The van der Waals surface area contributed by atoms with Crippen LogP contribution in [-0.4, -0.2) is 26.6 Å². The molecule has 0 heterocycles. The van der Waals surface area contributed by atoms with Crippen molar-refractivity contribution < 1.29 is 27.0 Å². The Morgan fingerprint density at radius 3 is 2.59 bits per heavy atom. The lowest BCUT2D eigenvalue weighted by Gasteiger charge is -2.10. The fourth-order valence-corrected chi connectivity index (χ4v) is 1.13. The largest absolute Gasteiger partial charge is 0.522 e. The van der Waals surface area contributed by atoms with Gasteiger partial charge in [0.05, 0.1) is 13.7 Å². The lowest BCUT2D eigenvalue weighted by Crippen LogP contribution is -2.19. The molecule has 0 aliphatic heterocycles. The molecule has 7 heteroatoms. The molecule has 3 nitrogen and oxygen atoms in total. The minimum Gasteiger partial charge on any atom is -0.494 e. The topological polar surface area (TPSA) is 30.5 Å². The van der Waals surface area contributed by atoms with Gasteiger partial charge in [-0.05, 0) is 12.1 Å². The van der Waals surface area contributed by atoms with Crippen LogP contribution in [0.3, 0.4) is 0 Å². The van der Waals surface area contributed by atoms with Crippen molar-refractivity contribution in [1.29, 1.82) is 0 Å². The fourth-order valence-electron chi connectivity index (χ4n) is 1.13. The van der Waals surface area contributed by atoms with E-state index in [9.17, 15) is 17.6 Å². The number of halogens is 4. The summed E-state index contributed by atoms with van der Waals surface area (Å²) in [6.45, 7) is -0.572. The smallest absolute Gasteiger partial charge is 0.494 e. The quantitative estimate of drug-likeness (QED) is 0.646. The Morgan fingerprint density at radius 2 is 2.00 bits per heavy atom. The van der Waals surface area contributed by atoms with E-state index >= 15 is 0 Å². The van der Waals surface area contributed by atoms with E-state index in [-0.39, 0.29) is 12.3 Å². The monoisotopic (exact) mass is 253 g/mol. The zero-order valence-corrected chi connectivity index (χ0v) is 8.97. The summed E-state index contributed by atoms with van der Waals surface area (Å²) in [4.78, 5) is 0. The first-order chi connectivity index (χ1) is 7.92. The number of alkyl halides is 3. The normalized spacial score (nSPS) is 11.4. The Balaban J connectivity index is 2.42. The lowest BCUT2D eigenvalue weighted by molar-refractivity contribution is -0.322. The number of hydrogen-bond donors (Lipinski definition) is 1. The van der Waals surface area contributed by atoms with Gasteiger partial charge in [-0.1, -0.05) is 0 Å². The number of methoxy groups -OCH3 is 1. The summed E-state index contributed by atoms with van der Waals surface area (Å²) < 4.78 is 56.2. The highest BCUT2D eigenvalue weighted by molar-refractivity contribution is 5.48. The first kappa shape index (κ1) is 13.6. The van der Waals surface area contributed by atoms with Crippen LogP contribution in [0.5, 0.6) is 5.75 Å². The molecule has 96 valence electrons. The molecule has 0 aliphatic carbocycles. The van der Waals surface area contributed by atoms with Gasteiger partial charge in [-0.3, -0.25) is 4.74 Å². The zero-order chi connectivity index (χ0) is 12.9. The van der Waals surface area contributed by atoms with Gasteiger partial charge in [0.1, 0.15) is 0 Å². The van der Waals surface area contributed by atoms with Crippen molar-refractivity contribution in [1.82, 2.24) is 0 Å². The molecule has 17 heavy (non-hydrogen) atoms. The Morgan fingerprint density at radius 1 is 1.29 bits per heavy atom. The maximum absolute atomic E-state index is 13.0. The van der Waals surface area contributed by atoms with Crippen molar-refractivity contribution in [3.63, 3.8) is 0 Å². The van der Waals surface area contributed by atoms with Crippen molar-refractivity contribution in [3.8, 4) is 5.75 Å². The molecule has 0 unspecified atom stereocenters. The minimum absolute atomic E-state index is 0.0201. The van der Waals surface area contributed by atoms with Crippen LogP contribution in [0, 0.1) is 5.82 Å². The van der Waals surface area contributed by atoms with Crippen LogP contribution in [0.4, 0.5) is 23.2 Å². The molecule has 0 amide bonds. The number of benzene rings is 1. The van der Waals surface area contributed by atoms with Crippen LogP contribution in [0.25, 0.3) is 0 Å². The molecule has 0 aromatic heterocycles. The fraction of sp³-hybridized carbons (Fsp3) is 0.400. The Kier molecular flexibility index (Phi) is 4.56. The lowest BCUT2D eigenvalue weighted by atomic mass is 10.3. The highest BCUT2D eigenvalue weighted by Gasteiger charge is 2.28. The molecule has 0 aliphatic rings. The number of ether oxygens (including phenoxy) is 2. The number of anilines is 1. The minimum atomic E-state index is -4.64. The van der Waals surface area contributed by atoms with Crippen molar-refractivity contribution in [3.05, 3.63) is 24.0 Å². The van der Waals surface area contributed by atoms with E-state index in [2.05, 4.69) is 10.1 Å². The molecule has 0 spiro atoms. The van der Waals surface area contributed by atoms with E-state index in [0.29, 0.717) is 5.69 Å². The van der Waals surface area contributed by atoms with Gasteiger partial charge in [0, 0.05) is 18.3 Å². The van der Waals surface area contributed by atoms with Gasteiger partial charge in [-0.15, -0.1) is 13.2 Å². The Labute approximate surface area is 95.3 Å². The van der Waals surface area contributed by atoms with E-state index in [0.717, 1.165) is 6.07 Å². The molecule has 0 bridgehead atoms. The van der Waals surface area contributed by atoms with Crippen LogP contribution in [-0.2, 0) is 4.74 Å². The summed E-state index contributed by atoms with van der Waals surface area (Å²) >= 11 is 0. The van der Waals surface area contributed by atoms with Crippen LogP contribution >= 0.6 is 0 Å². The second-order valence-corrected chi connectivity index (χ2v) is 3.07. The first-order valence-electron chi connectivity index (χ1n) is 4.70. The van der Waals surface area contributed by atoms with Gasteiger partial charge >= 0.3 is 6.36 Å². The molecular formula is C10H11F4NO2. The molecule has 1 N–H and O–H groups in total. The van der Waals surface area contributed by atoms with Crippen molar-refractivity contribution in [2.24, 2.45) is 0 Å². The van der Waals surface area contributed by atoms with Crippen LogP contribution < -0.4 is 10.1 Å². The van der Waals surface area contributed by atoms with Crippen LogP contribution in [0.1, 0.15) is 0 Å². The highest BCUT2D eigenvalue weighted by Crippen LogP contribution is 2.21.